The van der Waals surface area contributed by atoms with Crippen molar-refractivity contribution in [2.75, 3.05) is 13.2 Å². The van der Waals surface area contributed by atoms with E-state index >= 15 is 0 Å². The molecule has 3 nitrogen and oxygen atoms in total. The Morgan fingerprint density at radius 3 is 2.67 bits per heavy atom. The van der Waals surface area contributed by atoms with Gasteiger partial charge in [-0.05, 0) is 24.1 Å². The molecule has 0 unspecified atom stereocenters. The van der Waals surface area contributed by atoms with Gasteiger partial charge in [0.25, 0.3) is 0 Å². The van der Waals surface area contributed by atoms with Crippen LogP contribution in [0.25, 0.3) is 0 Å². The summed E-state index contributed by atoms with van der Waals surface area (Å²) in [5.74, 6) is 3.65. The molecule has 0 atom stereocenters. The molecule has 0 radical (unpaired) electrons. The summed E-state index contributed by atoms with van der Waals surface area (Å²) in [5.41, 5.74) is 0.996. The third-order valence-electron chi connectivity index (χ3n) is 2.18. The fraction of sp³-hybridized carbons (Fsp3) is 0.133. The van der Waals surface area contributed by atoms with E-state index in [4.69, 9.17) is 4.74 Å². The molecule has 1 heterocycles. The van der Waals surface area contributed by atoms with Crippen LogP contribution in [-0.2, 0) is 0 Å². The van der Waals surface area contributed by atoms with Gasteiger partial charge in [-0.1, -0.05) is 24.3 Å². The van der Waals surface area contributed by atoms with Gasteiger partial charge in [-0.3, -0.25) is 0 Å². The minimum atomic E-state index is 0.542. The number of ether oxygens (including phenoxy) is 1. The number of hydrogen-bond acceptors (Lipinski definition) is 3. The molecule has 0 aliphatic rings. The number of pyridine rings is 1. The van der Waals surface area contributed by atoms with Gasteiger partial charge in [0.2, 0.25) is 5.88 Å². The van der Waals surface area contributed by atoms with Crippen molar-refractivity contribution in [3.05, 3.63) is 60.3 Å². The molecule has 0 bridgehead atoms. The average Bonchev–Trinajstić information content (AvgIpc) is 2.45. The maximum Gasteiger partial charge on any atom is 0.213 e. The summed E-state index contributed by atoms with van der Waals surface area (Å²) < 4.78 is 5.42. The van der Waals surface area contributed by atoms with Crippen molar-refractivity contribution < 1.29 is 4.74 Å². The molecule has 2 aromatic rings. The van der Waals surface area contributed by atoms with Gasteiger partial charge in [-0.15, -0.1) is 0 Å². The number of benzene rings is 1. The summed E-state index contributed by atoms with van der Waals surface area (Å²) in [7, 11) is 0. The summed E-state index contributed by atoms with van der Waals surface area (Å²) in [4.78, 5) is 4.06. The highest BCUT2D eigenvalue weighted by Gasteiger charge is 1.90. The maximum absolute atomic E-state index is 5.42. The lowest BCUT2D eigenvalue weighted by Crippen LogP contribution is -2.16. The van der Waals surface area contributed by atoms with Crippen molar-refractivity contribution in [1.29, 1.82) is 0 Å². The van der Waals surface area contributed by atoms with Crippen LogP contribution in [0.5, 0.6) is 5.88 Å². The van der Waals surface area contributed by atoms with E-state index in [9.17, 15) is 0 Å². The Bertz CT molecular complexity index is 514. The number of nitrogens with one attached hydrogen (secondary N) is 1. The van der Waals surface area contributed by atoms with Gasteiger partial charge < -0.3 is 10.1 Å². The van der Waals surface area contributed by atoms with E-state index in [1.54, 1.807) is 6.20 Å². The van der Waals surface area contributed by atoms with Crippen LogP contribution in [0.15, 0.2) is 54.7 Å². The number of hydrogen-bond donors (Lipinski definition) is 1. The Hall–Kier alpha value is -2.47. The SMILES string of the molecule is C(#Cc1ccccc1)NCCOc1ccccn1. The second-order valence-corrected chi connectivity index (χ2v) is 3.56. The van der Waals surface area contributed by atoms with E-state index in [1.807, 2.05) is 48.5 Å². The third-order valence-corrected chi connectivity index (χ3v) is 2.18. The van der Waals surface area contributed by atoms with Crippen molar-refractivity contribution in [3.63, 3.8) is 0 Å². The minimum Gasteiger partial charge on any atom is -0.476 e. The summed E-state index contributed by atoms with van der Waals surface area (Å²) in [6.07, 6.45) is 1.71. The molecule has 0 aliphatic carbocycles. The first-order valence-electron chi connectivity index (χ1n) is 5.78. The zero-order valence-electron chi connectivity index (χ0n) is 9.97. The molecule has 1 N–H and O–H groups in total. The zero-order valence-corrected chi connectivity index (χ0v) is 9.97. The van der Waals surface area contributed by atoms with E-state index < -0.39 is 0 Å². The Labute approximate surface area is 107 Å². The Morgan fingerprint density at radius 1 is 1.06 bits per heavy atom. The Morgan fingerprint density at radius 2 is 1.89 bits per heavy atom. The van der Waals surface area contributed by atoms with Crippen LogP contribution in [0, 0.1) is 12.0 Å². The molecule has 0 saturated heterocycles. The molecule has 0 amide bonds. The van der Waals surface area contributed by atoms with Crippen molar-refractivity contribution in [2.45, 2.75) is 0 Å². The fourth-order valence-electron chi connectivity index (χ4n) is 1.34. The van der Waals surface area contributed by atoms with E-state index in [0.717, 1.165) is 5.56 Å². The molecular formula is C15H14N2O. The first kappa shape index (κ1) is 12.0. The molecule has 90 valence electrons. The van der Waals surface area contributed by atoms with Crippen LogP contribution in [0.3, 0.4) is 0 Å². The molecule has 0 fully saturated rings. The van der Waals surface area contributed by atoms with Crippen molar-refractivity contribution in [2.24, 2.45) is 0 Å². The highest BCUT2D eigenvalue weighted by molar-refractivity contribution is 5.33. The summed E-state index contributed by atoms with van der Waals surface area (Å²) in [6, 6.07) is 18.3. The van der Waals surface area contributed by atoms with Gasteiger partial charge in [-0.25, -0.2) is 4.98 Å². The molecule has 2 rings (SSSR count). The predicted octanol–water partition coefficient (Wildman–Crippen LogP) is 2.06. The lowest BCUT2D eigenvalue weighted by Gasteiger charge is -2.02. The molecule has 1 aromatic heterocycles. The fourth-order valence-corrected chi connectivity index (χ4v) is 1.34. The van der Waals surface area contributed by atoms with Crippen molar-refractivity contribution in [1.82, 2.24) is 10.3 Å². The van der Waals surface area contributed by atoms with Crippen LogP contribution in [0.4, 0.5) is 0 Å². The third kappa shape index (κ3) is 4.18. The minimum absolute atomic E-state index is 0.542. The molecule has 3 heteroatoms. The predicted molar refractivity (Wildman–Crippen MR) is 71.1 cm³/mol. The summed E-state index contributed by atoms with van der Waals surface area (Å²) in [5, 5.41) is 2.99. The van der Waals surface area contributed by atoms with Crippen molar-refractivity contribution >= 4 is 0 Å². The normalized spacial score (nSPS) is 9.11. The van der Waals surface area contributed by atoms with Gasteiger partial charge in [0.15, 0.2) is 0 Å². The molecule has 0 spiro atoms. The number of nitrogens with zero attached hydrogens (tertiary/aromatic N) is 1. The van der Waals surface area contributed by atoms with Crippen molar-refractivity contribution in [3.8, 4) is 17.8 Å². The molecule has 0 aliphatic heterocycles. The number of aromatic nitrogens is 1. The summed E-state index contributed by atoms with van der Waals surface area (Å²) >= 11 is 0. The van der Waals surface area contributed by atoms with Crippen LogP contribution >= 0.6 is 0 Å². The molecule has 18 heavy (non-hydrogen) atoms. The van der Waals surface area contributed by atoms with Crippen LogP contribution in [0.1, 0.15) is 5.56 Å². The van der Waals surface area contributed by atoms with Gasteiger partial charge in [0.1, 0.15) is 6.61 Å². The van der Waals surface area contributed by atoms with Crippen LogP contribution in [0.2, 0.25) is 0 Å². The monoisotopic (exact) mass is 238 g/mol. The Balaban J connectivity index is 1.67. The van der Waals surface area contributed by atoms with Crippen LogP contribution in [-0.4, -0.2) is 18.1 Å². The standard InChI is InChI=1S/C15H14N2O/c1-2-6-14(7-3-1)9-11-16-12-13-18-15-8-4-5-10-17-15/h1-8,10,16H,12-13H2. The Kier molecular flexibility index (Phi) is 4.65. The molecule has 0 saturated carbocycles. The molecular weight excluding hydrogens is 224 g/mol. The van der Waals surface area contributed by atoms with Gasteiger partial charge in [0, 0.05) is 23.9 Å². The van der Waals surface area contributed by atoms with Crippen LogP contribution < -0.4 is 10.1 Å². The van der Waals surface area contributed by atoms with Gasteiger partial charge in [-0.2, -0.15) is 0 Å². The largest absolute Gasteiger partial charge is 0.476 e. The zero-order chi connectivity index (χ0) is 12.5. The highest BCUT2D eigenvalue weighted by Crippen LogP contribution is 2.01. The number of rotatable bonds is 4. The first-order chi connectivity index (χ1) is 8.95. The van der Waals surface area contributed by atoms with E-state index in [-0.39, 0.29) is 0 Å². The quantitative estimate of drug-likeness (QED) is 0.503. The smallest absolute Gasteiger partial charge is 0.213 e. The topological polar surface area (TPSA) is 34.1 Å². The lowest BCUT2D eigenvalue weighted by atomic mass is 10.2. The molecule has 1 aromatic carbocycles. The highest BCUT2D eigenvalue weighted by atomic mass is 16.5. The maximum atomic E-state index is 5.42. The first-order valence-corrected chi connectivity index (χ1v) is 5.78. The van der Waals surface area contributed by atoms with E-state index in [0.29, 0.717) is 19.0 Å². The van der Waals surface area contributed by atoms with E-state index in [2.05, 4.69) is 22.3 Å². The lowest BCUT2D eigenvalue weighted by molar-refractivity contribution is 0.309. The van der Waals surface area contributed by atoms with E-state index in [1.165, 1.54) is 0 Å². The van der Waals surface area contributed by atoms with Gasteiger partial charge >= 0.3 is 0 Å². The second kappa shape index (κ2) is 6.97. The van der Waals surface area contributed by atoms with Gasteiger partial charge in [0.05, 0.1) is 6.54 Å². The average molecular weight is 238 g/mol. The summed E-state index contributed by atoms with van der Waals surface area (Å²) in [6.45, 7) is 1.21. The second-order valence-electron chi connectivity index (χ2n) is 3.56.